The minimum Gasteiger partial charge on any atom is -0.496 e. The molecule has 0 unspecified atom stereocenters. The fraction of sp³-hybridized carbons (Fsp3) is 0.440. The van der Waals surface area contributed by atoms with E-state index in [4.69, 9.17) is 9.15 Å². The number of carbonyl (C=O) groups is 4. The number of benzene rings is 1. The van der Waals surface area contributed by atoms with Crippen LogP contribution in [0.15, 0.2) is 34.7 Å². The molecule has 0 spiro atoms. The quantitative estimate of drug-likeness (QED) is 0.0947. The molecule has 2 rings (SSSR count). The second kappa shape index (κ2) is 13.9. The molecule has 0 aliphatic carbocycles. The van der Waals surface area contributed by atoms with Gasteiger partial charge >= 0.3 is 5.97 Å². The Hall–Kier alpha value is -3.86. The lowest BCUT2D eigenvalue weighted by atomic mass is 9.90. The summed E-state index contributed by atoms with van der Waals surface area (Å²) in [4.78, 5) is 47.8. The molecule has 0 aliphatic heterocycles. The number of furan rings is 1. The van der Waals surface area contributed by atoms with Gasteiger partial charge in [0.1, 0.15) is 17.1 Å². The molecule has 1 aromatic heterocycles. The van der Waals surface area contributed by atoms with Crippen molar-refractivity contribution in [1.82, 2.24) is 15.7 Å². The van der Waals surface area contributed by atoms with Gasteiger partial charge in [0.2, 0.25) is 12.3 Å². The van der Waals surface area contributed by atoms with Crippen LogP contribution >= 0.6 is 0 Å². The number of nitrogens with one attached hydrogen (secondary N) is 2. The molecule has 196 valence electrons. The molecule has 4 N–H and O–H groups in total. The second-order valence-corrected chi connectivity index (χ2v) is 8.17. The number of unbranched alkanes of at least 4 members (excludes halogenated alkanes) is 2. The first-order valence-corrected chi connectivity index (χ1v) is 11.8. The molecule has 3 amide bonds. The fourth-order valence-electron chi connectivity index (χ4n) is 3.92. The zero-order chi connectivity index (χ0) is 26.7. The maximum absolute atomic E-state index is 12.8. The maximum Gasteiger partial charge on any atom is 0.339 e. The van der Waals surface area contributed by atoms with E-state index >= 15 is 0 Å². The average Bonchev–Trinajstić information content (AvgIpc) is 3.38. The first-order chi connectivity index (χ1) is 17.3. The fourth-order valence-corrected chi connectivity index (χ4v) is 3.92. The summed E-state index contributed by atoms with van der Waals surface area (Å²) >= 11 is 0. The smallest absolute Gasteiger partial charge is 0.339 e. The van der Waals surface area contributed by atoms with E-state index in [1.54, 1.807) is 13.0 Å². The summed E-state index contributed by atoms with van der Waals surface area (Å²) in [7, 11) is 1.37. The molecule has 0 bridgehead atoms. The minimum absolute atomic E-state index is 0.0274. The molecular formula is C25H33N3O8. The number of amides is 3. The monoisotopic (exact) mass is 503 g/mol. The van der Waals surface area contributed by atoms with Crippen LogP contribution in [0.1, 0.15) is 66.9 Å². The molecule has 2 aromatic rings. The summed E-state index contributed by atoms with van der Waals surface area (Å²) in [5, 5.41) is 24.9. The van der Waals surface area contributed by atoms with Crippen molar-refractivity contribution in [1.29, 1.82) is 0 Å². The third kappa shape index (κ3) is 7.32. The number of aromatic carboxylic acids is 1. The minimum atomic E-state index is -1.16. The van der Waals surface area contributed by atoms with Crippen molar-refractivity contribution in [3.8, 4) is 17.1 Å². The lowest BCUT2D eigenvalue weighted by Gasteiger charge is -2.29. The summed E-state index contributed by atoms with van der Waals surface area (Å²) < 4.78 is 10.6. The number of nitrogens with zero attached hydrogens (tertiary/aromatic N) is 1. The van der Waals surface area contributed by atoms with Crippen molar-refractivity contribution < 1.29 is 38.6 Å². The van der Waals surface area contributed by atoms with Gasteiger partial charge in [0.25, 0.3) is 5.91 Å². The van der Waals surface area contributed by atoms with Crippen LogP contribution in [0.4, 0.5) is 0 Å². The van der Waals surface area contributed by atoms with Crippen molar-refractivity contribution in [3.63, 3.8) is 0 Å². The Labute approximate surface area is 209 Å². The Morgan fingerprint density at radius 2 is 1.89 bits per heavy atom. The second-order valence-electron chi connectivity index (χ2n) is 8.17. The first-order valence-electron chi connectivity index (χ1n) is 11.8. The Morgan fingerprint density at radius 3 is 2.50 bits per heavy atom. The van der Waals surface area contributed by atoms with Crippen LogP contribution in [-0.2, 0) is 9.59 Å². The number of carboxylic acids is 1. The van der Waals surface area contributed by atoms with Crippen LogP contribution in [0.2, 0.25) is 0 Å². The van der Waals surface area contributed by atoms with Crippen molar-refractivity contribution in [2.45, 2.75) is 52.0 Å². The molecule has 36 heavy (non-hydrogen) atoms. The van der Waals surface area contributed by atoms with Crippen LogP contribution in [0.25, 0.3) is 11.3 Å². The van der Waals surface area contributed by atoms with Gasteiger partial charge in [0.15, 0.2) is 5.76 Å². The van der Waals surface area contributed by atoms with Crippen molar-refractivity contribution >= 4 is 24.2 Å². The molecular weight excluding hydrogens is 470 g/mol. The Bertz CT molecular complexity index is 1050. The molecule has 2 atom stereocenters. The molecule has 0 saturated heterocycles. The molecule has 1 heterocycles. The van der Waals surface area contributed by atoms with Gasteiger partial charge < -0.3 is 24.9 Å². The average molecular weight is 504 g/mol. The SMILES string of the molecule is CCCCC[C@@H](C(=O)NCNC(=O)c1ccc(-c2ccc(OC)c(C(=O)O)c2)o1)[C@@H](CC)N(O)C=O. The van der Waals surface area contributed by atoms with Gasteiger partial charge in [-0.3, -0.25) is 19.6 Å². The highest BCUT2D eigenvalue weighted by atomic mass is 16.5. The Balaban J connectivity index is 2.02. The highest BCUT2D eigenvalue weighted by Crippen LogP contribution is 2.28. The van der Waals surface area contributed by atoms with Gasteiger partial charge in [0.05, 0.1) is 25.7 Å². The van der Waals surface area contributed by atoms with Crippen LogP contribution in [0, 0.1) is 5.92 Å². The maximum atomic E-state index is 12.8. The van der Waals surface area contributed by atoms with E-state index in [1.165, 1.54) is 31.4 Å². The molecule has 11 heteroatoms. The predicted octanol–water partition coefficient (Wildman–Crippen LogP) is 3.28. The number of hydroxylamine groups is 2. The predicted molar refractivity (Wildman–Crippen MR) is 130 cm³/mol. The van der Waals surface area contributed by atoms with E-state index in [1.807, 2.05) is 6.92 Å². The van der Waals surface area contributed by atoms with Gasteiger partial charge in [-0.15, -0.1) is 0 Å². The zero-order valence-electron chi connectivity index (χ0n) is 20.7. The molecule has 0 radical (unpaired) electrons. The summed E-state index contributed by atoms with van der Waals surface area (Å²) in [6.45, 7) is 3.62. The molecule has 0 fully saturated rings. The van der Waals surface area contributed by atoms with E-state index in [2.05, 4.69) is 10.6 Å². The first kappa shape index (κ1) is 28.4. The molecule has 1 aromatic carbocycles. The summed E-state index contributed by atoms with van der Waals surface area (Å²) in [5.74, 6) is -2.32. The van der Waals surface area contributed by atoms with Crippen LogP contribution in [-0.4, -0.2) is 59.4 Å². The largest absolute Gasteiger partial charge is 0.496 e. The normalized spacial score (nSPS) is 12.3. The summed E-state index contributed by atoms with van der Waals surface area (Å²) in [5.41, 5.74) is 0.403. The van der Waals surface area contributed by atoms with E-state index in [0.717, 1.165) is 19.3 Å². The Morgan fingerprint density at radius 1 is 1.14 bits per heavy atom. The topological polar surface area (TPSA) is 158 Å². The zero-order valence-corrected chi connectivity index (χ0v) is 20.7. The Kier molecular flexibility index (Phi) is 10.9. The number of methoxy groups -OCH3 is 1. The number of ether oxygens (including phenoxy) is 1. The third-order valence-corrected chi connectivity index (χ3v) is 5.84. The lowest BCUT2D eigenvalue weighted by Crippen LogP contribution is -2.47. The van der Waals surface area contributed by atoms with Crippen LogP contribution in [0.3, 0.4) is 0 Å². The molecule has 11 nitrogen and oxygen atoms in total. The van der Waals surface area contributed by atoms with E-state index in [9.17, 15) is 29.5 Å². The van der Waals surface area contributed by atoms with Crippen LogP contribution < -0.4 is 15.4 Å². The van der Waals surface area contributed by atoms with Crippen LogP contribution in [0.5, 0.6) is 5.75 Å². The number of carbonyl (C=O) groups excluding carboxylic acids is 3. The number of carboxylic acid groups (broad SMARTS) is 1. The number of hydrogen-bond donors (Lipinski definition) is 4. The number of hydrogen-bond acceptors (Lipinski definition) is 7. The van der Waals surface area contributed by atoms with Gasteiger partial charge in [-0.05, 0) is 43.2 Å². The van der Waals surface area contributed by atoms with Crippen molar-refractivity contribution in [2.24, 2.45) is 5.92 Å². The number of rotatable bonds is 15. The van der Waals surface area contributed by atoms with Crippen molar-refractivity contribution in [3.05, 3.63) is 41.7 Å². The van der Waals surface area contributed by atoms with E-state index in [0.29, 0.717) is 23.5 Å². The van der Waals surface area contributed by atoms with E-state index < -0.39 is 29.7 Å². The van der Waals surface area contributed by atoms with E-state index in [-0.39, 0.29) is 35.9 Å². The molecule has 0 aliphatic rings. The molecule has 0 saturated carbocycles. The van der Waals surface area contributed by atoms with Gasteiger partial charge in [-0.2, -0.15) is 0 Å². The third-order valence-electron chi connectivity index (χ3n) is 5.84. The van der Waals surface area contributed by atoms with Gasteiger partial charge in [-0.1, -0.05) is 33.1 Å². The van der Waals surface area contributed by atoms with Gasteiger partial charge in [-0.25, -0.2) is 9.86 Å². The van der Waals surface area contributed by atoms with Crippen molar-refractivity contribution in [2.75, 3.05) is 13.8 Å². The highest BCUT2D eigenvalue weighted by Gasteiger charge is 2.30. The summed E-state index contributed by atoms with van der Waals surface area (Å²) in [6.07, 6.45) is 3.78. The lowest BCUT2D eigenvalue weighted by molar-refractivity contribution is -0.168. The van der Waals surface area contributed by atoms with Gasteiger partial charge in [0, 0.05) is 5.56 Å². The standard InChI is InChI=1S/C25H33N3O8/c1-4-6-7-8-17(19(5-2)28(34)15-29)23(30)26-14-27-24(31)22-12-11-20(36-22)16-9-10-21(35-3)18(13-16)25(32)33/h9-13,15,17,19,34H,4-8,14H2,1-3H3,(H,26,30)(H,27,31)(H,32,33)/t17-,19-/m1/s1. The summed E-state index contributed by atoms with van der Waals surface area (Å²) in [6, 6.07) is 6.78. The highest BCUT2D eigenvalue weighted by molar-refractivity contribution is 5.94.